The molecule has 0 aromatic heterocycles. The van der Waals surface area contributed by atoms with Crippen molar-refractivity contribution >= 4 is 18.1 Å². The Morgan fingerprint density at radius 1 is 1.25 bits per heavy atom. The van der Waals surface area contributed by atoms with Crippen molar-refractivity contribution in [3.05, 3.63) is 42.0 Å². The Balaban J connectivity index is 2.28. The summed E-state index contributed by atoms with van der Waals surface area (Å²) >= 11 is 0. The van der Waals surface area contributed by atoms with Crippen molar-refractivity contribution in [3.8, 4) is 0 Å². The molecule has 1 aromatic rings. The largest absolute Gasteiger partial charge is 0.351 e. The minimum absolute atomic E-state index is 0.327. The molecule has 0 saturated heterocycles. The minimum Gasteiger partial charge on any atom is -0.351 e. The number of nitrogens with one attached hydrogen (secondary N) is 2. The first-order valence-corrected chi connectivity index (χ1v) is 4.74. The lowest BCUT2D eigenvalue weighted by molar-refractivity contribution is 0.232. The predicted octanol–water partition coefficient (Wildman–Crippen LogP) is 1.08. The summed E-state index contributed by atoms with van der Waals surface area (Å²) in [6, 6.07) is 8.19. The van der Waals surface area contributed by atoms with Gasteiger partial charge in [0.15, 0.2) is 0 Å². The molecule has 1 aromatic carbocycles. The first-order chi connectivity index (χ1) is 7.68. The summed E-state index contributed by atoms with van der Waals surface area (Å²) < 4.78 is 0. The molecule has 5 heteroatoms. The van der Waals surface area contributed by atoms with Crippen LogP contribution in [0, 0.1) is 0 Å². The Labute approximate surface area is 93.3 Å². The van der Waals surface area contributed by atoms with E-state index < -0.39 is 12.1 Å². The van der Waals surface area contributed by atoms with Crippen LogP contribution in [0.4, 0.5) is 9.59 Å². The third-order valence-electron chi connectivity index (χ3n) is 1.73. The molecule has 5 nitrogen and oxygen atoms in total. The second-order valence-electron chi connectivity index (χ2n) is 3.01. The molecule has 4 amide bonds. The van der Waals surface area contributed by atoms with Crippen molar-refractivity contribution < 1.29 is 9.59 Å². The van der Waals surface area contributed by atoms with Gasteiger partial charge in [-0.2, -0.15) is 0 Å². The molecule has 0 atom stereocenters. The average molecular weight is 219 g/mol. The van der Waals surface area contributed by atoms with Crippen molar-refractivity contribution in [2.45, 2.75) is 0 Å². The number of carbonyl (C=O) groups excluding carboxylic acids is 2. The molecule has 0 spiro atoms. The zero-order valence-corrected chi connectivity index (χ0v) is 8.64. The Hall–Kier alpha value is -2.30. The van der Waals surface area contributed by atoms with Crippen LogP contribution in [0.1, 0.15) is 5.56 Å². The highest BCUT2D eigenvalue weighted by Crippen LogP contribution is 1.99. The van der Waals surface area contributed by atoms with Crippen molar-refractivity contribution in [2.24, 2.45) is 5.73 Å². The molecule has 0 bridgehead atoms. The summed E-state index contributed by atoms with van der Waals surface area (Å²) in [5.74, 6) is 0. The fourth-order valence-electron chi connectivity index (χ4n) is 1.07. The number of hydrogen-bond donors (Lipinski definition) is 3. The van der Waals surface area contributed by atoms with Crippen LogP contribution in [-0.2, 0) is 0 Å². The van der Waals surface area contributed by atoms with Crippen molar-refractivity contribution in [2.75, 3.05) is 6.54 Å². The van der Waals surface area contributed by atoms with E-state index in [9.17, 15) is 9.59 Å². The lowest BCUT2D eigenvalue weighted by Crippen LogP contribution is -2.42. The third-order valence-corrected chi connectivity index (χ3v) is 1.73. The summed E-state index contributed by atoms with van der Waals surface area (Å²) in [4.78, 5) is 21.2. The van der Waals surface area contributed by atoms with E-state index in [4.69, 9.17) is 5.73 Å². The molecule has 16 heavy (non-hydrogen) atoms. The minimum atomic E-state index is -0.871. The van der Waals surface area contributed by atoms with Crippen LogP contribution in [0.3, 0.4) is 0 Å². The number of rotatable bonds is 3. The van der Waals surface area contributed by atoms with Crippen molar-refractivity contribution in [3.63, 3.8) is 0 Å². The molecule has 0 heterocycles. The molecule has 0 aliphatic carbocycles. The third kappa shape index (κ3) is 4.80. The van der Waals surface area contributed by atoms with Gasteiger partial charge in [0.2, 0.25) is 0 Å². The summed E-state index contributed by atoms with van der Waals surface area (Å²) in [6.45, 7) is 0.327. The predicted molar refractivity (Wildman–Crippen MR) is 61.6 cm³/mol. The van der Waals surface area contributed by atoms with Gasteiger partial charge in [-0.05, 0) is 5.56 Å². The first kappa shape index (κ1) is 11.8. The van der Waals surface area contributed by atoms with Crippen LogP contribution in [0.25, 0.3) is 6.08 Å². The highest BCUT2D eigenvalue weighted by Gasteiger charge is 1.99. The van der Waals surface area contributed by atoms with Gasteiger partial charge in [-0.15, -0.1) is 0 Å². The number of primary amides is 1. The molecule has 0 radical (unpaired) electrons. The maximum atomic E-state index is 10.9. The first-order valence-electron chi connectivity index (χ1n) is 4.74. The van der Waals surface area contributed by atoms with Crippen LogP contribution < -0.4 is 16.4 Å². The van der Waals surface area contributed by atoms with Crippen LogP contribution >= 0.6 is 0 Å². The van der Waals surface area contributed by atoms with E-state index in [0.29, 0.717) is 6.54 Å². The SMILES string of the molecule is NC(=O)NC(=O)NCC=Cc1ccccc1. The van der Waals surface area contributed by atoms with E-state index in [-0.39, 0.29) is 0 Å². The van der Waals surface area contributed by atoms with Gasteiger partial charge in [-0.3, -0.25) is 5.32 Å². The van der Waals surface area contributed by atoms with Gasteiger partial charge in [0.25, 0.3) is 0 Å². The summed E-state index contributed by atoms with van der Waals surface area (Å²) in [5, 5.41) is 4.34. The number of amides is 4. The molecule has 4 N–H and O–H groups in total. The molecular formula is C11H13N3O2. The number of hydrogen-bond acceptors (Lipinski definition) is 2. The Morgan fingerprint density at radius 3 is 2.56 bits per heavy atom. The maximum Gasteiger partial charge on any atom is 0.323 e. The van der Waals surface area contributed by atoms with Gasteiger partial charge in [0.1, 0.15) is 0 Å². The van der Waals surface area contributed by atoms with E-state index in [1.807, 2.05) is 41.7 Å². The number of urea groups is 2. The van der Waals surface area contributed by atoms with E-state index in [1.54, 1.807) is 6.08 Å². The lowest BCUT2D eigenvalue weighted by atomic mass is 10.2. The van der Waals surface area contributed by atoms with E-state index in [1.165, 1.54) is 0 Å². The smallest absolute Gasteiger partial charge is 0.323 e. The molecule has 84 valence electrons. The van der Waals surface area contributed by atoms with Gasteiger partial charge in [0, 0.05) is 6.54 Å². The summed E-state index contributed by atoms with van der Waals surface area (Å²) in [7, 11) is 0. The van der Waals surface area contributed by atoms with Crippen molar-refractivity contribution in [1.29, 1.82) is 0 Å². The quantitative estimate of drug-likeness (QED) is 0.710. The maximum absolute atomic E-state index is 10.9. The lowest BCUT2D eigenvalue weighted by Gasteiger charge is -2.00. The summed E-state index contributed by atoms with van der Waals surface area (Å²) in [6.07, 6.45) is 3.64. The number of imide groups is 1. The Kier molecular flexibility index (Phi) is 4.59. The van der Waals surface area contributed by atoms with Gasteiger partial charge in [0.05, 0.1) is 0 Å². The molecule has 1 rings (SSSR count). The molecule has 0 fully saturated rings. The average Bonchev–Trinajstić information content (AvgIpc) is 2.25. The number of nitrogens with two attached hydrogens (primary N) is 1. The summed E-state index contributed by atoms with van der Waals surface area (Å²) in [5.41, 5.74) is 5.80. The topological polar surface area (TPSA) is 84.2 Å². The van der Waals surface area contributed by atoms with Gasteiger partial charge in [-0.25, -0.2) is 9.59 Å². The molecular weight excluding hydrogens is 206 g/mol. The molecule has 0 saturated carbocycles. The standard InChI is InChI=1S/C11H13N3O2/c12-10(15)14-11(16)13-8-4-7-9-5-2-1-3-6-9/h1-7H,8H2,(H4,12,13,14,15,16). The molecule has 0 aliphatic rings. The van der Waals surface area contributed by atoms with Crippen LogP contribution in [0.2, 0.25) is 0 Å². The van der Waals surface area contributed by atoms with Gasteiger partial charge >= 0.3 is 12.1 Å². The van der Waals surface area contributed by atoms with E-state index in [0.717, 1.165) is 5.56 Å². The van der Waals surface area contributed by atoms with Crippen molar-refractivity contribution in [1.82, 2.24) is 10.6 Å². The van der Waals surface area contributed by atoms with Gasteiger partial charge < -0.3 is 11.1 Å². The fraction of sp³-hybridized carbons (Fsp3) is 0.0909. The van der Waals surface area contributed by atoms with E-state index in [2.05, 4.69) is 5.32 Å². The normalized spacial score (nSPS) is 10.0. The fourth-order valence-corrected chi connectivity index (χ4v) is 1.07. The van der Waals surface area contributed by atoms with Gasteiger partial charge in [-0.1, -0.05) is 42.5 Å². The number of benzene rings is 1. The van der Waals surface area contributed by atoms with Crippen LogP contribution in [0.5, 0.6) is 0 Å². The van der Waals surface area contributed by atoms with Crippen LogP contribution in [0.15, 0.2) is 36.4 Å². The second kappa shape index (κ2) is 6.23. The Morgan fingerprint density at radius 2 is 1.94 bits per heavy atom. The van der Waals surface area contributed by atoms with Crippen LogP contribution in [-0.4, -0.2) is 18.6 Å². The zero-order valence-electron chi connectivity index (χ0n) is 8.64. The Bertz CT molecular complexity index is 387. The highest BCUT2D eigenvalue weighted by molar-refractivity contribution is 5.92. The zero-order chi connectivity index (χ0) is 11.8. The molecule has 0 unspecified atom stereocenters. The monoisotopic (exact) mass is 219 g/mol. The number of carbonyl (C=O) groups is 2. The van der Waals surface area contributed by atoms with E-state index >= 15 is 0 Å². The molecule has 0 aliphatic heterocycles. The second-order valence-corrected chi connectivity index (χ2v) is 3.01. The highest BCUT2D eigenvalue weighted by atomic mass is 16.2.